The second-order valence-corrected chi connectivity index (χ2v) is 12.6. The van der Waals surface area contributed by atoms with Gasteiger partial charge in [0.05, 0.1) is 18.0 Å². The molecule has 4 rings (SSSR count). The van der Waals surface area contributed by atoms with E-state index in [9.17, 15) is 37.1 Å². The molecule has 2 unspecified atom stereocenters. The maximum Gasteiger partial charge on any atom is 0.416 e. The van der Waals surface area contributed by atoms with E-state index in [0.29, 0.717) is 11.8 Å². The number of carboxylic acids is 1. The summed E-state index contributed by atoms with van der Waals surface area (Å²) in [5.41, 5.74) is -2.97. The predicted octanol–water partition coefficient (Wildman–Crippen LogP) is 7.65. The Hall–Kier alpha value is -5.38. The molecule has 51 heavy (non-hydrogen) atoms. The minimum atomic E-state index is -4.90. The first-order valence-corrected chi connectivity index (χ1v) is 15.9. The van der Waals surface area contributed by atoms with E-state index in [0.717, 1.165) is 29.0 Å². The van der Waals surface area contributed by atoms with Crippen LogP contribution in [0.4, 0.5) is 26.3 Å². The van der Waals surface area contributed by atoms with E-state index in [1.807, 2.05) is 0 Å². The lowest BCUT2D eigenvalue weighted by Gasteiger charge is -2.27. The lowest BCUT2D eigenvalue weighted by molar-refractivity contribution is -0.139. The number of nitrogens with one attached hydrogen (secondary N) is 1. The smallest absolute Gasteiger partial charge is 0.416 e. The summed E-state index contributed by atoms with van der Waals surface area (Å²) < 4.78 is 89.5. The van der Waals surface area contributed by atoms with Gasteiger partial charge in [-0.2, -0.15) is 13.2 Å². The molecule has 0 spiro atoms. The van der Waals surface area contributed by atoms with Crippen molar-refractivity contribution in [2.75, 3.05) is 0 Å². The third-order valence-corrected chi connectivity index (χ3v) is 8.38. The van der Waals surface area contributed by atoms with Crippen molar-refractivity contribution in [1.82, 2.24) is 14.9 Å². The van der Waals surface area contributed by atoms with Crippen molar-refractivity contribution >= 4 is 11.9 Å². The molecule has 2 aromatic carbocycles. The Morgan fingerprint density at radius 2 is 1.69 bits per heavy atom. The highest BCUT2D eigenvalue weighted by atomic mass is 19.4. The first-order valence-electron chi connectivity index (χ1n) is 15.9. The van der Waals surface area contributed by atoms with Crippen LogP contribution in [-0.4, -0.2) is 26.5 Å². The van der Waals surface area contributed by atoms with Gasteiger partial charge in [-0.25, -0.2) is 13.2 Å². The molecular formula is C38H35F6N3O4. The van der Waals surface area contributed by atoms with Crippen LogP contribution in [-0.2, 0) is 28.6 Å². The monoisotopic (exact) mass is 711 g/mol. The van der Waals surface area contributed by atoms with Crippen LogP contribution in [0.25, 0.3) is 11.1 Å². The Balaban J connectivity index is 1.84. The van der Waals surface area contributed by atoms with Crippen molar-refractivity contribution in [3.63, 3.8) is 0 Å². The van der Waals surface area contributed by atoms with E-state index in [2.05, 4.69) is 16.2 Å². The van der Waals surface area contributed by atoms with Gasteiger partial charge in [0.2, 0.25) is 5.91 Å². The minimum Gasteiger partial charge on any atom is -0.481 e. The Labute approximate surface area is 290 Å². The lowest BCUT2D eigenvalue weighted by atomic mass is 9.88. The van der Waals surface area contributed by atoms with Crippen LogP contribution >= 0.6 is 0 Å². The highest BCUT2D eigenvalue weighted by Crippen LogP contribution is 2.38. The van der Waals surface area contributed by atoms with Crippen molar-refractivity contribution in [2.45, 2.75) is 71.6 Å². The number of carbonyl (C=O) groups is 2. The molecule has 7 nitrogen and oxygen atoms in total. The van der Waals surface area contributed by atoms with Gasteiger partial charge < -0.3 is 15.0 Å². The fraction of sp³-hybridized carbons (Fsp3) is 0.316. The molecule has 0 radical (unpaired) electrons. The number of rotatable bonds is 12. The number of terminal acetylenes is 1. The molecule has 268 valence electrons. The largest absolute Gasteiger partial charge is 0.481 e. The number of benzene rings is 2. The number of aliphatic carboxylic acids is 1. The van der Waals surface area contributed by atoms with Gasteiger partial charge in [-0.15, -0.1) is 6.42 Å². The zero-order valence-corrected chi connectivity index (χ0v) is 28.2. The molecule has 2 atom stereocenters. The third-order valence-electron chi connectivity index (χ3n) is 8.38. The number of amides is 1. The normalized spacial score (nSPS) is 12.7. The van der Waals surface area contributed by atoms with Gasteiger partial charge in [0.1, 0.15) is 23.5 Å². The number of aromatic nitrogens is 2. The SMILES string of the molecule is C#Cc1cc(F)c(C(CC(=O)O)NC(=O)C(CC(C)C)n2cc(CCc3ccccn3)c(C(F)(F)F)cc2=O)c(F)c1-c1c(C)cc(F)cc1C. The minimum absolute atomic E-state index is 0.0748. The van der Waals surface area contributed by atoms with E-state index in [4.69, 9.17) is 6.42 Å². The molecular weight excluding hydrogens is 676 g/mol. The summed E-state index contributed by atoms with van der Waals surface area (Å²) in [6.07, 6.45) is 1.83. The maximum absolute atomic E-state index is 16.6. The number of hydrogen-bond acceptors (Lipinski definition) is 4. The number of halogens is 6. The Kier molecular flexibility index (Phi) is 11.8. The summed E-state index contributed by atoms with van der Waals surface area (Å²) in [4.78, 5) is 43.4. The molecule has 13 heteroatoms. The number of alkyl halides is 3. The van der Waals surface area contributed by atoms with Gasteiger partial charge in [0, 0.05) is 40.8 Å². The molecule has 0 fully saturated rings. The number of nitrogens with zero attached hydrogens (tertiary/aromatic N) is 2. The topological polar surface area (TPSA) is 101 Å². The number of aryl methyl sites for hydroxylation is 4. The summed E-state index contributed by atoms with van der Waals surface area (Å²) in [6.45, 7) is 6.33. The summed E-state index contributed by atoms with van der Waals surface area (Å²) >= 11 is 0. The molecule has 2 N–H and O–H groups in total. The Morgan fingerprint density at radius 1 is 1.02 bits per heavy atom. The number of carboxylic acid groups (broad SMARTS) is 1. The zero-order valence-electron chi connectivity index (χ0n) is 28.2. The van der Waals surface area contributed by atoms with Crippen LogP contribution in [0.5, 0.6) is 0 Å². The van der Waals surface area contributed by atoms with Gasteiger partial charge in [-0.1, -0.05) is 25.8 Å². The second-order valence-electron chi connectivity index (χ2n) is 12.6. The van der Waals surface area contributed by atoms with Crippen LogP contribution in [0.15, 0.2) is 59.7 Å². The number of carbonyl (C=O) groups excluding carboxylic acids is 1. The molecule has 0 aliphatic heterocycles. The molecule has 0 aliphatic carbocycles. The first-order chi connectivity index (χ1) is 23.9. The Morgan fingerprint density at radius 3 is 2.24 bits per heavy atom. The third kappa shape index (κ3) is 8.86. The van der Waals surface area contributed by atoms with Gasteiger partial charge in [0.15, 0.2) is 0 Å². The summed E-state index contributed by atoms with van der Waals surface area (Å²) in [5, 5.41) is 12.1. The van der Waals surface area contributed by atoms with E-state index in [1.165, 1.54) is 20.0 Å². The average Bonchev–Trinajstić information content (AvgIpc) is 3.03. The number of hydrogen-bond donors (Lipinski definition) is 2. The van der Waals surface area contributed by atoms with Gasteiger partial charge in [0.25, 0.3) is 5.56 Å². The fourth-order valence-electron chi connectivity index (χ4n) is 6.19. The Bertz CT molecular complexity index is 2030. The van der Waals surface area contributed by atoms with Gasteiger partial charge in [-0.05, 0) is 91.6 Å². The molecule has 2 heterocycles. The second kappa shape index (κ2) is 15.7. The van der Waals surface area contributed by atoms with E-state index < -0.39 is 70.7 Å². The molecule has 4 aromatic rings. The summed E-state index contributed by atoms with van der Waals surface area (Å²) in [7, 11) is 0. The standard InChI is InChI=1S/C38H35F6N3O4/c1-6-23-16-28(40)35(36(41)34(23)33-21(4)14-25(39)15-22(33)5)29(18-32(49)50)46-37(51)30(13-20(2)3)47-19-24(10-11-26-9-7-8-12-45-26)27(17-31(47)48)38(42,43)44/h1,7-9,12,14-17,19-20,29-30H,10-11,13,18H2,2-5H3,(H,46,51)(H,49,50). The van der Waals surface area contributed by atoms with Gasteiger partial charge >= 0.3 is 12.1 Å². The molecule has 1 amide bonds. The highest BCUT2D eigenvalue weighted by molar-refractivity contribution is 5.83. The molecule has 0 saturated carbocycles. The van der Waals surface area contributed by atoms with Crippen molar-refractivity contribution in [3.05, 3.63) is 122 Å². The van der Waals surface area contributed by atoms with E-state index in [-0.39, 0.29) is 58.6 Å². The predicted molar refractivity (Wildman–Crippen MR) is 178 cm³/mol. The highest BCUT2D eigenvalue weighted by Gasteiger charge is 2.36. The molecule has 0 saturated heterocycles. The fourth-order valence-corrected chi connectivity index (χ4v) is 6.19. The van der Waals surface area contributed by atoms with Crippen LogP contribution in [0.1, 0.15) is 77.8 Å². The molecule has 0 aliphatic rings. The maximum atomic E-state index is 16.6. The van der Waals surface area contributed by atoms with Crippen molar-refractivity contribution in [1.29, 1.82) is 0 Å². The quantitative estimate of drug-likeness (QED) is 0.116. The van der Waals surface area contributed by atoms with Crippen LogP contribution in [0.3, 0.4) is 0 Å². The molecule has 2 aromatic heterocycles. The van der Waals surface area contributed by atoms with Crippen LogP contribution < -0.4 is 10.9 Å². The van der Waals surface area contributed by atoms with Crippen LogP contribution in [0, 0.1) is 49.6 Å². The lowest BCUT2D eigenvalue weighted by Crippen LogP contribution is -2.41. The van der Waals surface area contributed by atoms with E-state index in [1.54, 1.807) is 32.0 Å². The van der Waals surface area contributed by atoms with E-state index >= 15 is 8.78 Å². The summed E-state index contributed by atoms with van der Waals surface area (Å²) in [6, 6.07) is 4.98. The van der Waals surface area contributed by atoms with Gasteiger partial charge in [-0.3, -0.25) is 19.4 Å². The summed E-state index contributed by atoms with van der Waals surface area (Å²) in [5.74, 6) is -3.95. The average molecular weight is 712 g/mol. The van der Waals surface area contributed by atoms with Crippen molar-refractivity contribution in [3.8, 4) is 23.5 Å². The number of pyridine rings is 2. The van der Waals surface area contributed by atoms with Crippen molar-refractivity contribution < 1.29 is 41.0 Å². The first kappa shape index (κ1) is 38.4. The zero-order chi connectivity index (χ0) is 37.8. The van der Waals surface area contributed by atoms with Crippen molar-refractivity contribution in [2.24, 2.45) is 5.92 Å². The van der Waals surface area contributed by atoms with Crippen LogP contribution in [0.2, 0.25) is 0 Å². The molecule has 0 bridgehead atoms.